The zero-order valence-corrected chi connectivity index (χ0v) is 12.3. The SMILES string of the molecule is Cc1ccc(CNCCN2CCCCCC2=O)o1.Cl. The van der Waals surface area contributed by atoms with Crippen LogP contribution in [0.3, 0.4) is 0 Å². The maximum atomic E-state index is 11.8. The molecule has 0 atom stereocenters. The van der Waals surface area contributed by atoms with Crippen LogP contribution in [0.25, 0.3) is 0 Å². The summed E-state index contributed by atoms with van der Waals surface area (Å²) in [7, 11) is 0. The van der Waals surface area contributed by atoms with Gasteiger partial charge in [-0.05, 0) is 31.9 Å². The van der Waals surface area contributed by atoms with Crippen molar-refractivity contribution >= 4 is 18.3 Å². The number of hydrogen-bond acceptors (Lipinski definition) is 3. The van der Waals surface area contributed by atoms with E-state index in [0.29, 0.717) is 5.91 Å². The molecule has 1 aromatic rings. The Kier molecular flexibility index (Phi) is 6.95. The van der Waals surface area contributed by atoms with Gasteiger partial charge in [-0.15, -0.1) is 12.4 Å². The molecule has 0 spiro atoms. The Hall–Kier alpha value is -1.00. The maximum Gasteiger partial charge on any atom is 0.222 e. The summed E-state index contributed by atoms with van der Waals surface area (Å²) in [6.45, 7) is 5.22. The molecule has 1 aromatic heterocycles. The minimum absolute atomic E-state index is 0. The third-order valence-electron chi connectivity index (χ3n) is 3.33. The molecule has 1 aliphatic heterocycles. The number of carbonyl (C=O) groups is 1. The lowest BCUT2D eigenvalue weighted by Crippen LogP contribution is -2.36. The van der Waals surface area contributed by atoms with Crippen molar-refractivity contribution in [3.63, 3.8) is 0 Å². The third kappa shape index (κ3) is 5.25. The summed E-state index contributed by atoms with van der Waals surface area (Å²) in [6.07, 6.45) is 4.09. The van der Waals surface area contributed by atoms with Crippen LogP contribution in [0.15, 0.2) is 16.5 Å². The fourth-order valence-electron chi connectivity index (χ4n) is 2.28. The zero-order chi connectivity index (χ0) is 12.8. The van der Waals surface area contributed by atoms with Crippen LogP contribution >= 0.6 is 12.4 Å². The van der Waals surface area contributed by atoms with Gasteiger partial charge in [0.1, 0.15) is 11.5 Å². The molecule has 0 aliphatic carbocycles. The van der Waals surface area contributed by atoms with Crippen molar-refractivity contribution in [2.24, 2.45) is 0 Å². The Morgan fingerprint density at radius 3 is 2.89 bits per heavy atom. The Morgan fingerprint density at radius 1 is 1.32 bits per heavy atom. The molecule has 1 aliphatic rings. The number of likely N-dealkylation sites (tertiary alicyclic amines) is 1. The van der Waals surface area contributed by atoms with Gasteiger partial charge in [-0.2, -0.15) is 0 Å². The van der Waals surface area contributed by atoms with E-state index in [1.807, 2.05) is 24.0 Å². The summed E-state index contributed by atoms with van der Waals surface area (Å²) >= 11 is 0. The van der Waals surface area contributed by atoms with Crippen LogP contribution < -0.4 is 5.32 Å². The normalized spacial score (nSPS) is 16.1. The van der Waals surface area contributed by atoms with Gasteiger partial charge in [0.25, 0.3) is 0 Å². The zero-order valence-electron chi connectivity index (χ0n) is 11.5. The molecule has 108 valence electrons. The summed E-state index contributed by atoms with van der Waals surface area (Å²) in [4.78, 5) is 13.7. The van der Waals surface area contributed by atoms with Gasteiger partial charge in [-0.3, -0.25) is 4.79 Å². The number of carbonyl (C=O) groups excluding carboxylic acids is 1. The molecule has 0 saturated carbocycles. The number of rotatable bonds is 5. The van der Waals surface area contributed by atoms with Crippen LogP contribution in [-0.4, -0.2) is 30.4 Å². The fourth-order valence-corrected chi connectivity index (χ4v) is 2.28. The molecule has 4 nitrogen and oxygen atoms in total. The van der Waals surface area contributed by atoms with E-state index in [0.717, 1.165) is 57.0 Å². The number of nitrogens with one attached hydrogen (secondary N) is 1. The molecule has 2 rings (SSSR count). The second-order valence-electron chi connectivity index (χ2n) is 4.88. The molecule has 2 heterocycles. The largest absolute Gasteiger partial charge is 0.465 e. The highest BCUT2D eigenvalue weighted by Gasteiger charge is 2.15. The van der Waals surface area contributed by atoms with Gasteiger partial charge in [0, 0.05) is 26.1 Å². The lowest BCUT2D eigenvalue weighted by atomic mass is 10.2. The van der Waals surface area contributed by atoms with E-state index in [9.17, 15) is 4.79 Å². The molecule has 0 radical (unpaired) electrons. The molecule has 1 N–H and O–H groups in total. The number of hydrogen-bond donors (Lipinski definition) is 1. The molecular formula is C14H23ClN2O2. The van der Waals surface area contributed by atoms with Crippen molar-refractivity contribution in [2.45, 2.75) is 39.2 Å². The monoisotopic (exact) mass is 286 g/mol. The van der Waals surface area contributed by atoms with Gasteiger partial charge in [0.2, 0.25) is 5.91 Å². The number of aryl methyl sites for hydroxylation is 1. The molecular weight excluding hydrogens is 264 g/mol. The van der Waals surface area contributed by atoms with E-state index in [2.05, 4.69) is 5.32 Å². The Balaban J connectivity index is 0.00000180. The minimum Gasteiger partial charge on any atom is -0.465 e. The molecule has 1 amide bonds. The van der Waals surface area contributed by atoms with E-state index in [-0.39, 0.29) is 12.4 Å². The quantitative estimate of drug-likeness (QED) is 0.846. The van der Waals surface area contributed by atoms with Crippen LogP contribution in [0.1, 0.15) is 37.2 Å². The van der Waals surface area contributed by atoms with Crippen LogP contribution in [-0.2, 0) is 11.3 Å². The Labute approximate surface area is 120 Å². The predicted octanol–water partition coefficient (Wildman–Crippen LogP) is 2.50. The first kappa shape index (κ1) is 16.1. The highest BCUT2D eigenvalue weighted by atomic mass is 35.5. The fraction of sp³-hybridized carbons (Fsp3) is 0.643. The van der Waals surface area contributed by atoms with E-state index in [4.69, 9.17) is 4.42 Å². The molecule has 19 heavy (non-hydrogen) atoms. The predicted molar refractivity (Wildman–Crippen MR) is 77.4 cm³/mol. The summed E-state index contributed by atoms with van der Waals surface area (Å²) in [5.41, 5.74) is 0. The van der Waals surface area contributed by atoms with Crippen LogP contribution in [0.2, 0.25) is 0 Å². The van der Waals surface area contributed by atoms with Crippen LogP contribution in [0.5, 0.6) is 0 Å². The number of amides is 1. The standard InChI is InChI=1S/C14H22N2O2.ClH/c1-12-6-7-13(18-12)11-15-8-10-16-9-4-2-3-5-14(16)17;/h6-7,15H,2-5,8-11H2,1H3;1H. The Morgan fingerprint density at radius 2 is 2.16 bits per heavy atom. The average molecular weight is 287 g/mol. The van der Waals surface area contributed by atoms with Crippen molar-refractivity contribution in [2.75, 3.05) is 19.6 Å². The van der Waals surface area contributed by atoms with Crippen molar-refractivity contribution in [3.8, 4) is 0 Å². The summed E-state index contributed by atoms with van der Waals surface area (Å²) in [6, 6.07) is 3.95. The van der Waals surface area contributed by atoms with Gasteiger partial charge in [-0.1, -0.05) is 6.42 Å². The van der Waals surface area contributed by atoms with Gasteiger partial charge in [0.15, 0.2) is 0 Å². The molecule has 0 unspecified atom stereocenters. The number of halogens is 1. The van der Waals surface area contributed by atoms with E-state index in [1.165, 1.54) is 6.42 Å². The van der Waals surface area contributed by atoms with Crippen LogP contribution in [0, 0.1) is 6.92 Å². The summed E-state index contributed by atoms with van der Waals surface area (Å²) in [5, 5.41) is 3.32. The van der Waals surface area contributed by atoms with Gasteiger partial charge in [0.05, 0.1) is 6.54 Å². The second kappa shape index (κ2) is 8.23. The van der Waals surface area contributed by atoms with Gasteiger partial charge < -0.3 is 14.6 Å². The minimum atomic E-state index is 0. The maximum absolute atomic E-state index is 11.8. The summed E-state index contributed by atoms with van der Waals surface area (Å²) in [5.74, 6) is 2.20. The molecule has 5 heteroatoms. The average Bonchev–Trinajstić information content (AvgIpc) is 2.65. The highest BCUT2D eigenvalue weighted by molar-refractivity contribution is 5.85. The van der Waals surface area contributed by atoms with Crippen molar-refractivity contribution in [1.82, 2.24) is 10.2 Å². The summed E-state index contributed by atoms with van der Waals surface area (Å²) < 4.78 is 5.47. The smallest absolute Gasteiger partial charge is 0.222 e. The lowest BCUT2D eigenvalue weighted by molar-refractivity contribution is -0.130. The van der Waals surface area contributed by atoms with Gasteiger partial charge >= 0.3 is 0 Å². The second-order valence-corrected chi connectivity index (χ2v) is 4.88. The first-order valence-corrected chi connectivity index (χ1v) is 6.79. The number of furan rings is 1. The first-order valence-electron chi connectivity index (χ1n) is 6.79. The first-order chi connectivity index (χ1) is 8.75. The van der Waals surface area contributed by atoms with Crippen molar-refractivity contribution in [3.05, 3.63) is 23.7 Å². The lowest BCUT2D eigenvalue weighted by Gasteiger charge is -2.20. The molecule has 0 aromatic carbocycles. The molecule has 1 fully saturated rings. The van der Waals surface area contributed by atoms with E-state index in [1.54, 1.807) is 0 Å². The van der Waals surface area contributed by atoms with Crippen molar-refractivity contribution < 1.29 is 9.21 Å². The molecule has 1 saturated heterocycles. The van der Waals surface area contributed by atoms with E-state index < -0.39 is 0 Å². The molecule has 0 bridgehead atoms. The van der Waals surface area contributed by atoms with Crippen LogP contribution in [0.4, 0.5) is 0 Å². The topological polar surface area (TPSA) is 45.5 Å². The van der Waals surface area contributed by atoms with Gasteiger partial charge in [-0.25, -0.2) is 0 Å². The van der Waals surface area contributed by atoms with E-state index >= 15 is 0 Å². The van der Waals surface area contributed by atoms with Crippen molar-refractivity contribution in [1.29, 1.82) is 0 Å². The highest BCUT2D eigenvalue weighted by Crippen LogP contribution is 2.10. The Bertz CT molecular complexity index is 393. The third-order valence-corrected chi connectivity index (χ3v) is 3.33. The number of nitrogens with zero attached hydrogens (tertiary/aromatic N) is 1.